The molecule has 1 heterocycles. The highest BCUT2D eigenvalue weighted by molar-refractivity contribution is 6.14. The number of amides is 1. The van der Waals surface area contributed by atoms with Crippen LogP contribution in [-0.2, 0) is 4.74 Å². The highest BCUT2D eigenvalue weighted by Crippen LogP contribution is 2.33. The summed E-state index contributed by atoms with van der Waals surface area (Å²) in [6, 6.07) is 6.82. The molecule has 1 aliphatic heterocycles. The Balaban J connectivity index is 2.49. The van der Waals surface area contributed by atoms with E-state index in [0.717, 1.165) is 35.4 Å². The molecular weight excluding hydrogens is 453 g/mol. The van der Waals surface area contributed by atoms with Crippen LogP contribution in [0.3, 0.4) is 0 Å². The van der Waals surface area contributed by atoms with Crippen molar-refractivity contribution in [1.82, 2.24) is 9.80 Å². The van der Waals surface area contributed by atoms with Gasteiger partial charge in [0, 0.05) is 53.9 Å². The van der Waals surface area contributed by atoms with Crippen molar-refractivity contribution in [1.29, 1.82) is 0 Å². The lowest BCUT2D eigenvalue weighted by Gasteiger charge is -2.46. The average molecular weight is 498 g/mol. The van der Waals surface area contributed by atoms with Gasteiger partial charge in [-0.15, -0.1) is 0 Å². The Bertz CT molecular complexity index is 1020. The largest absolute Gasteiger partial charge is 0.443 e. The van der Waals surface area contributed by atoms with E-state index in [1.54, 1.807) is 18.3 Å². The van der Waals surface area contributed by atoms with E-state index in [-0.39, 0.29) is 24.0 Å². The van der Waals surface area contributed by atoms with Gasteiger partial charge in [-0.3, -0.25) is 4.99 Å². The van der Waals surface area contributed by atoms with Crippen LogP contribution in [-0.4, -0.2) is 52.4 Å². The molecule has 0 radical (unpaired) electrons. The van der Waals surface area contributed by atoms with E-state index in [1.165, 1.54) is 6.07 Å². The lowest BCUT2D eigenvalue weighted by Crippen LogP contribution is -2.58. The zero-order valence-corrected chi connectivity index (χ0v) is 23.4. The fourth-order valence-corrected chi connectivity index (χ4v) is 5.06. The Morgan fingerprint density at radius 1 is 1.19 bits per heavy atom. The Hall–Kier alpha value is -2.89. The fourth-order valence-electron chi connectivity index (χ4n) is 5.06. The predicted molar refractivity (Wildman–Crippen MR) is 148 cm³/mol. The van der Waals surface area contributed by atoms with Crippen LogP contribution in [0.25, 0.3) is 5.57 Å². The molecule has 0 saturated carbocycles. The molecule has 0 unspecified atom stereocenters. The van der Waals surface area contributed by atoms with Gasteiger partial charge in [-0.2, -0.15) is 0 Å². The number of piperazine rings is 1. The van der Waals surface area contributed by atoms with E-state index >= 15 is 0 Å². The van der Waals surface area contributed by atoms with E-state index in [2.05, 4.69) is 37.2 Å². The first kappa shape index (κ1) is 29.3. The summed E-state index contributed by atoms with van der Waals surface area (Å²) < 4.78 is 20.8. The Kier molecular flexibility index (Phi) is 10.5. The van der Waals surface area contributed by atoms with E-state index in [9.17, 15) is 9.18 Å². The summed E-state index contributed by atoms with van der Waals surface area (Å²) in [6.45, 7) is 21.2. The Labute approximate surface area is 217 Å². The molecule has 0 N–H and O–H groups in total. The van der Waals surface area contributed by atoms with Crippen LogP contribution in [0.5, 0.6) is 0 Å². The molecule has 0 spiro atoms. The molecule has 1 saturated heterocycles. The molecule has 1 aromatic carbocycles. The number of nitrogens with zero attached hydrogens (tertiary/aromatic N) is 3. The normalized spacial score (nSPS) is 20.2. The Morgan fingerprint density at radius 2 is 1.81 bits per heavy atom. The van der Waals surface area contributed by atoms with Gasteiger partial charge < -0.3 is 14.5 Å². The van der Waals surface area contributed by atoms with Gasteiger partial charge in [0.15, 0.2) is 0 Å². The zero-order chi connectivity index (χ0) is 27.0. The van der Waals surface area contributed by atoms with Gasteiger partial charge in [-0.25, -0.2) is 9.18 Å². The molecule has 1 amide bonds. The molecule has 2 rings (SSSR count). The summed E-state index contributed by atoms with van der Waals surface area (Å²) >= 11 is 0. The fraction of sp³-hybridized carbons (Fsp3) is 0.533. The minimum absolute atomic E-state index is 0.0404. The van der Waals surface area contributed by atoms with Crippen molar-refractivity contribution < 1.29 is 13.9 Å². The van der Waals surface area contributed by atoms with Crippen molar-refractivity contribution in [3.05, 3.63) is 65.8 Å². The number of carbonyl (C=O) groups excluding carboxylic acids is 1. The van der Waals surface area contributed by atoms with Crippen LogP contribution in [0.4, 0.5) is 9.18 Å². The van der Waals surface area contributed by atoms with Gasteiger partial charge in [0.1, 0.15) is 11.4 Å². The Morgan fingerprint density at radius 3 is 2.36 bits per heavy atom. The second kappa shape index (κ2) is 12.9. The first-order valence-electron chi connectivity index (χ1n) is 13.1. The van der Waals surface area contributed by atoms with Crippen LogP contribution in [0.1, 0.15) is 80.2 Å². The predicted octanol–water partition coefficient (Wildman–Crippen LogP) is 7.61. The number of benzene rings is 1. The minimum Gasteiger partial charge on any atom is -0.443 e. The third-order valence-corrected chi connectivity index (χ3v) is 6.82. The van der Waals surface area contributed by atoms with Crippen molar-refractivity contribution in [2.24, 2.45) is 4.99 Å². The number of ether oxygens (including phenoxy) is 1. The second-order valence-corrected chi connectivity index (χ2v) is 10.1. The van der Waals surface area contributed by atoms with Crippen molar-refractivity contribution in [3.8, 4) is 0 Å². The van der Waals surface area contributed by atoms with Gasteiger partial charge in [-0.05, 0) is 66.0 Å². The van der Waals surface area contributed by atoms with E-state index in [4.69, 9.17) is 4.74 Å². The molecule has 6 heteroatoms. The monoisotopic (exact) mass is 497 g/mol. The number of hydrogen-bond acceptors (Lipinski definition) is 4. The third-order valence-electron chi connectivity index (χ3n) is 6.82. The molecule has 5 nitrogen and oxygen atoms in total. The number of allylic oxidation sites excluding steroid dienone is 4. The summed E-state index contributed by atoms with van der Waals surface area (Å²) in [5.41, 5.74) is 3.61. The number of aliphatic imine (C=N–C) groups is 1. The van der Waals surface area contributed by atoms with Crippen LogP contribution in [0, 0.1) is 5.82 Å². The molecule has 36 heavy (non-hydrogen) atoms. The molecule has 0 bridgehead atoms. The SMILES string of the molecule is C=CN=C(CC)C(/C(=C\C)c1ccccc1F)=C(\C)N1C[C@@H](C)N(C(=O)OC(C)(C)CCC)C[C@@H]1C. The summed E-state index contributed by atoms with van der Waals surface area (Å²) in [6.07, 6.45) is 5.67. The van der Waals surface area contributed by atoms with Crippen molar-refractivity contribution in [2.45, 2.75) is 92.3 Å². The van der Waals surface area contributed by atoms with Gasteiger partial charge >= 0.3 is 6.09 Å². The van der Waals surface area contributed by atoms with Crippen LogP contribution in [0.15, 0.2) is 59.4 Å². The number of carbonyl (C=O) groups is 1. The first-order valence-corrected chi connectivity index (χ1v) is 13.1. The zero-order valence-electron chi connectivity index (χ0n) is 23.4. The molecular formula is C30H44FN3O2. The topological polar surface area (TPSA) is 45.1 Å². The summed E-state index contributed by atoms with van der Waals surface area (Å²) in [5.74, 6) is -0.270. The van der Waals surface area contributed by atoms with Gasteiger partial charge in [0.2, 0.25) is 0 Å². The van der Waals surface area contributed by atoms with Gasteiger partial charge in [0.05, 0.1) is 0 Å². The maximum atomic E-state index is 14.9. The molecule has 1 fully saturated rings. The lowest BCUT2D eigenvalue weighted by molar-refractivity contribution is -0.0158. The second-order valence-electron chi connectivity index (χ2n) is 10.1. The molecule has 0 aromatic heterocycles. The van der Waals surface area contributed by atoms with Crippen LogP contribution < -0.4 is 0 Å². The first-order chi connectivity index (χ1) is 17.0. The van der Waals surface area contributed by atoms with E-state index in [0.29, 0.717) is 25.1 Å². The maximum Gasteiger partial charge on any atom is 0.410 e. The number of hydrogen-bond donors (Lipinski definition) is 0. The molecule has 2 atom stereocenters. The standard InChI is InChI=1S/C30H44FN3O2/c1-10-18-30(8,9)36-29(35)34-20-21(5)33(19-22(34)6)23(7)28(27(12-3)32-13-4)24(11-2)25-16-14-15-17-26(25)31/h11,13-17,21-22H,4,10,12,18-20H2,1-3,5-9H3/b24-11-,28-23+,32-27?/t21-,22+/m0/s1. The van der Waals surface area contributed by atoms with Crippen LogP contribution >= 0.6 is 0 Å². The summed E-state index contributed by atoms with van der Waals surface area (Å²) in [7, 11) is 0. The summed E-state index contributed by atoms with van der Waals surface area (Å²) in [4.78, 5) is 21.8. The average Bonchev–Trinajstić information content (AvgIpc) is 2.82. The minimum atomic E-state index is -0.493. The summed E-state index contributed by atoms with van der Waals surface area (Å²) in [5, 5.41) is 0. The quantitative estimate of drug-likeness (QED) is 0.260. The van der Waals surface area contributed by atoms with Crippen molar-refractivity contribution in [3.63, 3.8) is 0 Å². The smallest absolute Gasteiger partial charge is 0.410 e. The molecule has 1 aromatic rings. The molecule has 1 aliphatic rings. The van der Waals surface area contributed by atoms with Crippen molar-refractivity contribution in [2.75, 3.05) is 13.1 Å². The maximum absolute atomic E-state index is 14.9. The molecule has 0 aliphatic carbocycles. The highest BCUT2D eigenvalue weighted by atomic mass is 19.1. The van der Waals surface area contributed by atoms with Crippen molar-refractivity contribution >= 4 is 17.4 Å². The highest BCUT2D eigenvalue weighted by Gasteiger charge is 2.36. The third kappa shape index (κ3) is 6.86. The number of halogens is 1. The number of rotatable bonds is 9. The lowest BCUT2D eigenvalue weighted by atomic mass is 9.90. The van der Waals surface area contributed by atoms with E-state index < -0.39 is 5.60 Å². The van der Waals surface area contributed by atoms with Gasteiger partial charge in [-0.1, -0.05) is 51.1 Å². The molecule has 198 valence electrons. The van der Waals surface area contributed by atoms with E-state index in [1.807, 2.05) is 51.7 Å². The van der Waals surface area contributed by atoms with Gasteiger partial charge in [0.25, 0.3) is 0 Å². The van der Waals surface area contributed by atoms with Crippen LogP contribution in [0.2, 0.25) is 0 Å².